The molecule has 0 spiro atoms. The van der Waals surface area contributed by atoms with Crippen LogP contribution in [0.2, 0.25) is 0 Å². The maximum atomic E-state index is 13.6. The Morgan fingerprint density at radius 2 is 2.00 bits per heavy atom. The fourth-order valence-corrected chi connectivity index (χ4v) is 4.28. The number of nitrogens with zero attached hydrogens (tertiary/aromatic N) is 6. The van der Waals surface area contributed by atoms with E-state index in [9.17, 15) is 4.79 Å². The largest absolute Gasteiger partial charge is 0.341 e. The third-order valence-corrected chi connectivity index (χ3v) is 5.84. The van der Waals surface area contributed by atoms with Crippen LogP contribution in [0.25, 0.3) is 22.1 Å². The predicted octanol–water partition coefficient (Wildman–Crippen LogP) is 2.14. The molecule has 4 heterocycles. The lowest BCUT2D eigenvalue weighted by molar-refractivity contribution is 0.492. The van der Waals surface area contributed by atoms with Gasteiger partial charge in [0.1, 0.15) is 5.52 Å². The summed E-state index contributed by atoms with van der Waals surface area (Å²) >= 11 is 0. The van der Waals surface area contributed by atoms with Gasteiger partial charge in [0, 0.05) is 25.3 Å². The van der Waals surface area contributed by atoms with E-state index >= 15 is 0 Å². The molecule has 162 valence electrons. The quantitative estimate of drug-likeness (QED) is 0.502. The van der Waals surface area contributed by atoms with Crippen molar-refractivity contribution in [2.45, 2.75) is 38.9 Å². The highest BCUT2D eigenvalue weighted by atomic mass is 16.1. The van der Waals surface area contributed by atoms with E-state index < -0.39 is 0 Å². The van der Waals surface area contributed by atoms with Gasteiger partial charge in [0.15, 0.2) is 0 Å². The number of rotatable bonds is 4. The van der Waals surface area contributed by atoms with E-state index in [1.54, 1.807) is 17.7 Å². The molecule has 0 bridgehead atoms. The second-order valence-electron chi connectivity index (χ2n) is 8.11. The van der Waals surface area contributed by atoms with Crippen LogP contribution in [-0.2, 0) is 13.1 Å². The predicted molar refractivity (Wildman–Crippen MR) is 126 cm³/mol. The third-order valence-electron chi connectivity index (χ3n) is 5.84. The Balaban J connectivity index is 1.58. The van der Waals surface area contributed by atoms with Crippen molar-refractivity contribution in [3.8, 4) is 11.8 Å². The Morgan fingerprint density at radius 3 is 2.81 bits per heavy atom. The average molecular weight is 428 g/mol. The smallest absolute Gasteiger partial charge is 0.280 e. The van der Waals surface area contributed by atoms with Crippen LogP contribution in [-0.4, -0.2) is 43.2 Å². The van der Waals surface area contributed by atoms with Gasteiger partial charge in [0.05, 0.1) is 41.5 Å². The highest BCUT2D eigenvalue weighted by molar-refractivity contribution is 5.77. The highest BCUT2D eigenvalue weighted by Crippen LogP contribution is 2.21. The van der Waals surface area contributed by atoms with Gasteiger partial charge >= 0.3 is 0 Å². The number of para-hydroxylation sites is 2. The van der Waals surface area contributed by atoms with Gasteiger partial charge in [-0.3, -0.25) is 14.3 Å². The van der Waals surface area contributed by atoms with Crippen molar-refractivity contribution in [2.75, 3.05) is 18.0 Å². The van der Waals surface area contributed by atoms with Gasteiger partial charge in [0.25, 0.3) is 5.56 Å². The van der Waals surface area contributed by atoms with Crippen LogP contribution >= 0.6 is 0 Å². The minimum Gasteiger partial charge on any atom is -0.341 e. The second kappa shape index (κ2) is 8.44. The van der Waals surface area contributed by atoms with Crippen molar-refractivity contribution in [2.24, 2.45) is 5.73 Å². The van der Waals surface area contributed by atoms with Crippen molar-refractivity contribution in [1.29, 1.82) is 0 Å². The van der Waals surface area contributed by atoms with E-state index in [1.807, 2.05) is 41.1 Å². The lowest BCUT2D eigenvalue weighted by atomic mass is 10.1. The number of aromatic nitrogens is 5. The fraction of sp³-hybridized carbons (Fsp3) is 0.333. The Hall–Kier alpha value is -3.70. The molecule has 0 unspecified atom stereocenters. The molecule has 32 heavy (non-hydrogen) atoms. The summed E-state index contributed by atoms with van der Waals surface area (Å²) in [6.07, 6.45) is 5.61. The van der Waals surface area contributed by atoms with Crippen molar-refractivity contribution in [1.82, 2.24) is 24.1 Å². The minimum atomic E-state index is -0.106. The molecule has 8 heteroatoms. The summed E-state index contributed by atoms with van der Waals surface area (Å²) < 4.78 is 3.56. The molecule has 3 aromatic heterocycles. The molecular formula is C24H25N7O. The minimum absolute atomic E-state index is 0.0816. The van der Waals surface area contributed by atoms with Gasteiger partial charge in [-0.05, 0) is 38.0 Å². The molecule has 4 aromatic rings. The third kappa shape index (κ3) is 3.72. The second-order valence-corrected chi connectivity index (χ2v) is 8.11. The monoisotopic (exact) mass is 427 g/mol. The van der Waals surface area contributed by atoms with Gasteiger partial charge < -0.3 is 15.2 Å². The van der Waals surface area contributed by atoms with E-state index in [1.165, 1.54) is 0 Å². The normalized spacial score (nSPS) is 16.3. The lowest BCUT2D eigenvalue weighted by Gasteiger charge is -2.32. The molecule has 8 nitrogen and oxygen atoms in total. The molecule has 1 atom stereocenters. The van der Waals surface area contributed by atoms with Crippen LogP contribution in [0, 0.1) is 11.8 Å². The summed E-state index contributed by atoms with van der Waals surface area (Å²) in [5.74, 6) is 6.56. The van der Waals surface area contributed by atoms with Crippen LogP contribution < -0.4 is 16.2 Å². The van der Waals surface area contributed by atoms with E-state index in [2.05, 4.69) is 21.7 Å². The Bertz CT molecular complexity index is 1410. The summed E-state index contributed by atoms with van der Waals surface area (Å²) in [5.41, 5.74) is 9.76. The van der Waals surface area contributed by atoms with Crippen molar-refractivity contribution >= 4 is 28.0 Å². The number of piperidine rings is 1. The zero-order valence-electron chi connectivity index (χ0n) is 18.0. The molecule has 2 N–H and O–H groups in total. The first-order valence-electron chi connectivity index (χ1n) is 10.8. The van der Waals surface area contributed by atoms with E-state index in [-0.39, 0.29) is 11.6 Å². The zero-order valence-corrected chi connectivity index (χ0v) is 18.0. The number of nitrogens with two attached hydrogens (primary N) is 1. The van der Waals surface area contributed by atoms with E-state index in [0.717, 1.165) is 36.1 Å². The number of anilines is 1. The van der Waals surface area contributed by atoms with Gasteiger partial charge in [-0.1, -0.05) is 18.1 Å². The maximum Gasteiger partial charge on any atom is 0.280 e. The SMILES string of the molecule is CC#CCn1c(N2CCC[C@@H](N)C2)nc2ccn(Cc3cnc4ccccc4n3)c2c1=O. The number of fused-ring (bicyclic) bond motifs is 2. The molecule has 1 aromatic carbocycles. The van der Waals surface area contributed by atoms with Crippen LogP contribution in [0.4, 0.5) is 5.95 Å². The molecule has 1 aliphatic rings. The van der Waals surface area contributed by atoms with Gasteiger partial charge in [0.2, 0.25) is 5.95 Å². The summed E-state index contributed by atoms with van der Waals surface area (Å²) in [6.45, 7) is 4.02. The summed E-state index contributed by atoms with van der Waals surface area (Å²) in [5, 5.41) is 0. The van der Waals surface area contributed by atoms with E-state index in [4.69, 9.17) is 15.7 Å². The van der Waals surface area contributed by atoms with Gasteiger partial charge in [-0.15, -0.1) is 5.92 Å². The molecule has 1 fully saturated rings. The van der Waals surface area contributed by atoms with Crippen LogP contribution in [0.5, 0.6) is 0 Å². The summed E-state index contributed by atoms with van der Waals surface area (Å²) in [7, 11) is 0. The Morgan fingerprint density at radius 1 is 1.16 bits per heavy atom. The Kier molecular flexibility index (Phi) is 5.33. The van der Waals surface area contributed by atoms with Crippen molar-refractivity contribution in [3.05, 3.63) is 58.8 Å². The van der Waals surface area contributed by atoms with Gasteiger partial charge in [-0.2, -0.15) is 0 Å². The van der Waals surface area contributed by atoms with Gasteiger partial charge in [-0.25, -0.2) is 9.97 Å². The first-order chi connectivity index (χ1) is 15.6. The van der Waals surface area contributed by atoms with Crippen LogP contribution in [0.3, 0.4) is 0 Å². The maximum absolute atomic E-state index is 13.6. The lowest BCUT2D eigenvalue weighted by Crippen LogP contribution is -2.45. The van der Waals surface area contributed by atoms with Crippen molar-refractivity contribution in [3.63, 3.8) is 0 Å². The Labute approximate surface area is 185 Å². The fourth-order valence-electron chi connectivity index (χ4n) is 4.28. The van der Waals surface area contributed by atoms with Crippen molar-refractivity contribution < 1.29 is 0 Å². The molecule has 0 radical (unpaired) electrons. The first kappa shape index (κ1) is 20.2. The topological polar surface area (TPSA) is 94.9 Å². The summed E-state index contributed by atoms with van der Waals surface area (Å²) in [6, 6.07) is 9.72. The number of hydrogen-bond donors (Lipinski definition) is 1. The van der Waals surface area contributed by atoms with E-state index in [0.29, 0.717) is 36.6 Å². The molecule has 0 amide bonds. The molecule has 1 aliphatic heterocycles. The molecule has 0 aliphatic carbocycles. The molecule has 5 rings (SSSR count). The van der Waals surface area contributed by atoms with Crippen LogP contribution in [0.1, 0.15) is 25.5 Å². The average Bonchev–Trinajstić information content (AvgIpc) is 3.21. The standard InChI is InChI=1S/C24H25N7O/c1-2-3-12-31-23(32)22-21(28-24(31)30-11-6-7-17(25)15-30)10-13-29(22)16-18-14-26-19-8-4-5-9-20(19)27-18/h4-5,8-10,13-14,17H,6-7,11-12,15-16,25H2,1H3/t17-/m1/s1. The number of hydrogen-bond acceptors (Lipinski definition) is 6. The number of benzene rings is 1. The van der Waals surface area contributed by atoms with Crippen LogP contribution in [0.15, 0.2) is 47.5 Å². The molecule has 0 saturated carbocycles. The molecular weight excluding hydrogens is 402 g/mol. The first-order valence-corrected chi connectivity index (χ1v) is 10.8. The molecule has 1 saturated heterocycles. The zero-order chi connectivity index (χ0) is 22.1. The highest BCUT2D eigenvalue weighted by Gasteiger charge is 2.23. The summed E-state index contributed by atoms with van der Waals surface area (Å²) in [4.78, 5) is 29.8.